The number of allylic oxidation sites excluding steroid dienone is 6. The number of nitrogens with zero attached hydrogens (tertiary/aromatic N) is 1. The molecule has 1 nitrogen and oxygen atoms in total. The van der Waals surface area contributed by atoms with Crippen LogP contribution in [0.2, 0.25) is 0 Å². The van der Waals surface area contributed by atoms with Gasteiger partial charge in [-0.25, -0.2) is 0 Å². The molecule has 0 saturated carbocycles. The second kappa shape index (κ2) is 10.3. The first-order valence-corrected chi connectivity index (χ1v) is 10.5. The molecule has 0 aliphatic heterocycles. The molecule has 1 aromatic carbocycles. The largest absolute Gasteiger partial charge is 0.375 e. The van der Waals surface area contributed by atoms with Crippen molar-refractivity contribution in [3.8, 4) is 0 Å². The van der Waals surface area contributed by atoms with Gasteiger partial charge in [-0.15, -0.1) is 0 Å². The molecule has 1 heteroatoms. The van der Waals surface area contributed by atoms with E-state index in [1.54, 1.807) is 5.57 Å². The van der Waals surface area contributed by atoms with Crippen molar-refractivity contribution in [2.45, 2.75) is 59.8 Å². The van der Waals surface area contributed by atoms with Crippen molar-refractivity contribution < 1.29 is 0 Å². The molecule has 0 bridgehead atoms. The molecule has 1 unspecified atom stereocenters. The Morgan fingerprint density at radius 3 is 2.44 bits per heavy atom. The molecule has 0 saturated heterocycles. The summed E-state index contributed by atoms with van der Waals surface area (Å²) in [4.78, 5) is 2.26. The van der Waals surface area contributed by atoms with Gasteiger partial charge < -0.3 is 4.90 Å². The number of hydrogen-bond donors (Lipinski definition) is 0. The normalized spacial score (nSPS) is 15.8. The minimum Gasteiger partial charge on any atom is -0.375 e. The number of benzene rings is 1. The molecule has 0 N–H and O–H groups in total. The SMILES string of the molecule is C=C(/C(=C(/C)CC(CC)CC1=CC=CCC1)c1ccc(C)cc1)N(C)CC. The summed E-state index contributed by atoms with van der Waals surface area (Å²) < 4.78 is 0. The lowest BCUT2D eigenvalue weighted by Crippen LogP contribution is -2.18. The van der Waals surface area contributed by atoms with E-state index in [1.807, 2.05) is 0 Å². The highest BCUT2D eigenvalue weighted by Gasteiger charge is 2.17. The van der Waals surface area contributed by atoms with Crippen LogP contribution in [0.3, 0.4) is 0 Å². The van der Waals surface area contributed by atoms with Gasteiger partial charge in [0.25, 0.3) is 0 Å². The van der Waals surface area contributed by atoms with Crippen LogP contribution in [0.4, 0.5) is 0 Å². The van der Waals surface area contributed by atoms with Gasteiger partial charge in [-0.1, -0.05) is 79.1 Å². The lowest BCUT2D eigenvalue weighted by atomic mass is 9.85. The molecule has 0 fully saturated rings. The minimum absolute atomic E-state index is 0.697. The van der Waals surface area contributed by atoms with Crippen LogP contribution in [0.15, 0.2) is 65.9 Å². The van der Waals surface area contributed by atoms with Gasteiger partial charge in [0.15, 0.2) is 0 Å². The molecule has 0 radical (unpaired) electrons. The smallest absolute Gasteiger partial charge is 0.0369 e. The molecule has 0 spiro atoms. The fourth-order valence-electron chi connectivity index (χ4n) is 3.85. The topological polar surface area (TPSA) is 3.24 Å². The molecule has 1 aliphatic rings. The molecule has 1 atom stereocenters. The van der Waals surface area contributed by atoms with Crippen molar-refractivity contribution in [1.29, 1.82) is 0 Å². The van der Waals surface area contributed by atoms with Gasteiger partial charge in [0.2, 0.25) is 0 Å². The van der Waals surface area contributed by atoms with Gasteiger partial charge in [0.05, 0.1) is 0 Å². The highest BCUT2D eigenvalue weighted by molar-refractivity contribution is 5.80. The third-order valence-electron chi connectivity index (χ3n) is 5.81. The van der Waals surface area contributed by atoms with E-state index in [0.29, 0.717) is 5.92 Å². The Kier molecular flexibility index (Phi) is 8.16. The first kappa shape index (κ1) is 21.3. The standard InChI is InChI=1S/C26H37N/c1-7-23(19-24-12-10-9-11-13-24)18-21(4)26(22(5)27(6)8-2)25-16-14-20(3)15-17-25/h9-10,12,14-17,23H,5,7-8,11,13,18-19H2,1-4,6H3/b26-21+. The highest BCUT2D eigenvalue weighted by atomic mass is 15.1. The van der Waals surface area contributed by atoms with E-state index < -0.39 is 0 Å². The molecular formula is C26H37N. The fourth-order valence-corrected chi connectivity index (χ4v) is 3.85. The molecule has 27 heavy (non-hydrogen) atoms. The predicted octanol–water partition coefficient (Wildman–Crippen LogP) is 7.32. The number of hydrogen-bond acceptors (Lipinski definition) is 1. The van der Waals surface area contributed by atoms with Crippen LogP contribution in [0, 0.1) is 12.8 Å². The van der Waals surface area contributed by atoms with Gasteiger partial charge in [-0.05, 0) is 57.9 Å². The average molecular weight is 364 g/mol. The summed E-state index contributed by atoms with van der Waals surface area (Å²) in [5.74, 6) is 0.697. The summed E-state index contributed by atoms with van der Waals surface area (Å²) in [6, 6.07) is 8.91. The van der Waals surface area contributed by atoms with Crippen molar-refractivity contribution in [1.82, 2.24) is 4.90 Å². The fraction of sp³-hybridized carbons (Fsp3) is 0.462. The Bertz CT molecular complexity index is 715. The van der Waals surface area contributed by atoms with E-state index in [0.717, 1.165) is 18.7 Å². The van der Waals surface area contributed by atoms with Crippen LogP contribution in [-0.2, 0) is 0 Å². The van der Waals surface area contributed by atoms with Crippen molar-refractivity contribution in [3.63, 3.8) is 0 Å². The second-order valence-corrected chi connectivity index (χ2v) is 7.96. The van der Waals surface area contributed by atoms with Gasteiger partial charge in [0.1, 0.15) is 0 Å². The van der Waals surface area contributed by atoms with Crippen LogP contribution in [0.25, 0.3) is 5.57 Å². The zero-order chi connectivity index (χ0) is 19.8. The summed E-state index contributed by atoms with van der Waals surface area (Å²) in [7, 11) is 2.14. The van der Waals surface area contributed by atoms with Crippen LogP contribution < -0.4 is 0 Å². The summed E-state index contributed by atoms with van der Waals surface area (Å²) in [6.45, 7) is 14.4. The first-order chi connectivity index (χ1) is 13.0. The second-order valence-electron chi connectivity index (χ2n) is 7.96. The maximum atomic E-state index is 4.44. The maximum Gasteiger partial charge on any atom is 0.0369 e. The molecule has 0 heterocycles. The van der Waals surface area contributed by atoms with E-state index in [1.165, 1.54) is 48.0 Å². The number of rotatable bonds is 9. The quantitative estimate of drug-likeness (QED) is 0.415. The monoisotopic (exact) mass is 363 g/mol. The van der Waals surface area contributed by atoms with Gasteiger partial charge >= 0.3 is 0 Å². The molecule has 0 aromatic heterocycles. The highest BCUT2D eigenvalue weighted by Crippen LogP contribution is 2.33. The zero-order valence-electron chi connectivity index (χ0n) is 18.0. The molecule has 2 rings (SSSR count). The first-order valence-electron chi connectivity index (χ1n) is 10.5. The third kappa shape index (κ3) is 5.99. The van der Waals surface area contributed by atoms with Crippen molar-refractivity contribution in [2.24, 2.45) is 5.92 Å². The van der Waals surface area contributed by atoms with Gasteiger partial charge in [-0.2, -0.15) is 0 Å². The van der Waals surface area contributed by atoms with Crippen LogP contribution >= 0.6 is 0 Å². The molecule has 146 valence electrons. The Morgan fingerprint density at radius 2 is 1.89 bits per heavy atom. The zero-order valence-corrected chi connectivity index (χ0v) is 18.0. The van der Waals surface area contributed by atoms with Crippen LogP contribution in [0.5, 0.6) is 0 Å². The summed E-state index contributed by atoms with van der Waals surface area (Å²) in [6.07, 6.45) is 12.8. The van der Waals surface area contributed by atoms with E-state index in [2.05, 4.69) is 88.7 Å². The molecule has 1 aromatic rings. The maximum absolute atomic E-state index is 4.44. The Balaban J connectivity index is 2.30. The lowest BCUT2D eigenvalue weighted by molar-refractivity contribution is 0.459. The third-order valence-corrected chi connectivity index (χ3v) is 5.81. The van der Waals surface area contributed by atoms with Gasteiger partial charge in [0, 0.05) is 24.9 Å². The number of likely N-dealkylation sites (N-methyl/N-ethyl adjacent to an activating group) is 1. The molecular weight excluding hydrogens is 326 g/mol. The van der Waals surface area contributed by atoms with Crippen molar-refractivity contribution in [3.05, 3.63) is 77.0 Å². The molecule has 0 amide bonds. The Morgan fingerprint density at radius 1 is 1.19 bits per heavy atom. The van der Waals surface area contributed by atoms with Crippen LogP contribution in [0.1, 0.15) is 64.0 Å². The van der Waals surface area contributed by atoms with Crippen molar-refractivity contribution >= 4 is 5.57 Å². The van der Waals surface area contributed by atoms with E-state index in [9.17, 15) is 0 Å². The lowest BCUT2D eigenvalue weighted by Gasteiger charge is -2.26. The molecule has 1 aliphatic carbocycles. The van der Waals surface area contributed by atoms with Gasteiger partial charge in [-0.3, -0.25) is 0 Å². The summed E-state index contributed by atoms with van der Waals surface area (Å²) >= 11 is 0. The summed E-state index contributed by atoms with van der Waals surface area (Å²) in [5.41, 5.74) is 8.12. The summed E-state index contributed by atoms with van der Waals surface area (Å²) in [5, 5.41) is 0. The van der Waals surface area contributed by atoms with E-state index >= 15 is 0 Å². The van der Waals surface area contributed by atoms with Crippen molar-refractivity contribution in [2.75, 3.05) is 13.6 Å². The predicted molar refractivity (Wildman–Crippen MR) is 121 cm³/mol. The Hall–Kier alpha value is -2.02. The van der Waals surface area contributed by atoms with Crippen LogP contribution in [-0.4, -0.2) is 18.5 Å². The van der Waals surface area contributed by atoms with E-state index in [4.69, 9.17) is 0 Å². The average Bonchev–Trinajstić information content (AvgIpc) is 2.69. The number of aryl methyl sites for hydroxylation is 1. The van der Waals surface area contributed by atoms with E-state index in [-0.39, 0.29) is 0 Å². The Labute approximate surface area is 167 Å². The minimum atomic E-state index is 0.697.